The summed E-state index contributed by atoms with van der Waals surface area (Å²) in [4.78, 5) is 2.42. The number of hydrogen-bond donors (Lipinski definition) is 1. The molecule has 0 atom stereocenters. The summed E-state index contributed by atoms with van der Waals surface area (Å²) in [6, 6.07) is 18.2. The Kier molecular flexibility index (Phi) is 5.23. The van der Waals surface area contributed by atoms with E-state index in [2.05, 4.69) is 32.7 Å². The minimum Gasteiger partial charge on any atom is -0.489 e. The van der Waals surface area contributed by atoms with E-state index < -0.39 is 0 Å². The van der Waals surface area contributed by atoms with Gasteiger partial charge in [-0.3, -0.25) is 4.90 Å². The molecule has 1 aliphatic heterocycles. The van der Waals surface area contributed by atoms with Gasteiger partial charge in [-0.2, -0.15) is 0 Å². The molecular weight excluding hydrogens is 326 g/mol. The van der Waals surface area contributed by atoms with Gasteiger partial charge in [0, 0.05) is 32.7 Å². The molecule has 1 aliphatic rings. The van der Waals surface area contributed by atoms with Crippen molar-refractivity contribution >= 4 is 0 Å². The van der Waals surface area contributed by atoms with Crippen LogP contribution in [0.2, 0.25) is 0 Å². The van der Waals surface area contributed by atoms with Crippen LogP contribution in [0.1, 0.15) is 11.3 Å². The number of piperazine rings is 1. The van der Waals surface area contributed by atoms with Crippen LogP contribution in [0.3, 0.4) is 0 Å². The average Bonchev–Trinajstić information content (AvgIpc) is 3.16. The smallest absolute Gasteiger partial charge is 0.119 e. The van der Waals surface area contributed by atoms with Crippen LogP contribution in [0.5, 0.6) is 5.75 Å². The quantitative estimate of drug-likeness (QED) is 0.740. The van der Waals surface area contributed by atoms with Crippen LogP contribution in [0.15, 0.2) is 60.8 Å². The lowest BCUT2D eigenvalue weighted by Crippen LogP contribution is -2.43. The lowest BCUT2D eigenvalue weighted by Gasteiger charge is -2.26. The number of rotatable bonds is 6. The first-order valence-electron chi connectivity index (χ1n) is 8.98. The van der Waals surface area contributed by atoms with Crippen molar-refractivity contribution in [3.05, 3.63) is 72.1 Å². The molecule has 6 heteroatoms. The highest BCUT2D eigenvalue weighted by molar-refractivity contribution is 5.37. The van der Waals surface area contributed by atoms with E-state index in [-0.39, 0.29) is 0 Å². The molecule has 2 aromatic carbocycles. The molecule has 0 saturated carbocycles. The zero-order chi connectivity index (χ0) is 17.6. The van der Waals surface area contributed by atoms with Crippen LogP contribution in [0, 0.1) is 0 Å². The second-order valence-electron chi connectivity index (χ2n) is 6.43. The number of hydrogen-bond acceptors (Lipinski definition) is 5. The molecule has 6 nitrogen and oxygen atoms in total. The van der Waals surface area contributed by atoms with Crippen molar-refractivity contribution in [3.8, 4) is 11.4 Å². The van der Waals surface area contributed by atoms with Gasteiger partial charge in [0.05, 0.1) is 17.6 Å². The lowest BCUT2D eigenvalue weighted by atomic mass is 10.2. The Morgan fingerprint density at radius 2 is 1.73 bits per heavy atom. The molecule has 0 amide bonds. The molecule has 2 heterocycles. The second-order valence-corrected chi connectivity index (χ2v) is 6.43. The van der Waals surface area contributed by atoms with Crippen molar-refractivity contribution in [1.82, 2.24) is 25.2 Å². The Labute approximate surface area is 153 Å². The summed E-state index contributed by atoms with van der Waals surface area (Å²) < 4.78 is 7.76. The Balaban J connectivity index is 1.41. The van der Waals surface area contributed by atoms with Gasteiger partial charge in [-0.1, -0.05) is 35.5 Å². The van der Waals surface area contributed by atoms with Gasteiger partial charge in [0.25, 0.3) is 0 Å². The maximum atomic E-state index is 5.86. The highest BCUT2D eigenvalue weighted by atomic mass is 16.5. The molecule has 1 fully saturated rings. The van der Waals surface area contributed by atoms with E-state index in [1.165, 1.54) is 0 Å². The number of aromatic nitrogens is 3. The van der Waals surface area contributed by atoms with Gasteiger partial charge >= 0.3 is 0 Å². The van der Waals surface area contributed by atoms with Gasteiger partial charge in [-0.15, -0.1) is 5.10 Å². The molecule has 1 N–H and O–H groups in total. The highest BCUT2D eigenvalue weighted by Gasteiger charge is 2.14. The first-order valence-corrected chi connectivity index (χ1v) is 8.98. The molecule has 0 radical (unpaired) electrons. The van der Waals surface area contributed by atoms with Crippen molar-refractivity contribution in [2.75, 3.05) is 26.2 Å². The molecule has 1 aromatic heterocycles. The zero-order valence-electron chi connectivity index (χ0n) is 14.7. The minimum atomic E-state index is 0.567. The number of benzene rings is 2. The SMILES string of the molecule is c1ccc(COc2ccc(-n3nncc3CN3CCNCC3)cc2)cc1. The monoisotopic (exact) mass is 349 g/mol. The topological polar surface area (TPSA) is 55.2 Å². The first kappa shape index (κ1) is 16.8. The predicted octanol–water partition coefficient (Wildman–Crippen LogP) is 2.25. The van der Waals surface area contributed by atoms with Crippen LogP contribution in [-0.4, -0.2) is 46.1 Å². The summed E-state index contributed by atoms with van der Waals surface area (Å²) in [5, 5.41) is 11.7. The van der Waals surface area contributed by atoms with Crippen molar-refractivity contribution in [3.63, 3.8) is 0 Å². The van der Waals surface area contributed by atoms with E-state index >= 15 is 0 Å². The summed E-state index contributed by atoms with van der Waals surface area (Å²) in [6.07, 6.45) is 1.85. The van der Waals surface area contributed by atoms with E-state index in [0.29, 0.717) is 6.61 Å². The van der Waals surface area contributed by atoms with E-state index in [0.717, 1.165) is 55.4 Å². The predicted molar refractivity (Wildman–Crippen MR) is 100 cm³/mol. The molecule has 0 spiro atoms. The minimum absolute atomic E-state index is 0.567. The standard InChI is InChI=1S/C20H23N5O/c1-2-4-17(5-3-1)16-26-20-8-6-18(7-9-20)25-19(14-22-23-25)15-24-12-10-21-11-13-24/h1-9,14,21H,10-13,15-16H2. The van der Waals surface area contributed by atoms with Crippen molar-refractivity contribution < 1.29 is 4.74 Å². The van der Waals surface area contributed by atoms with Gasteiger partial charge in [0.15, 0.2) is 0 Å². The van der Waals surface area contributed by atoms with Gasteiger partial charge in [0.1, 0.15) is 12.4 Å². The van der Waals surface area contributed by atoms with Gasteiger partial charge in [-0.05, 0) is 29.8 Å². The maximum absolute atomic E-state index is 5.86. The third kappa shape index (κ3) is 4.09. The van der Waals surface area contributed by atoms with Crippen LogP contribution in [-0.2, 0) is 13.2 Å². The summed E-state index contributed by atoms with van der Waals surface area (Å²) in [5.74, 6) is 0.848. The third-order valence-corrected chi connectivity index (χ3v) is 4.54. The van der Waals surface area contributed by atoms with Crippen molar-refractivity contribution in [2.24, 2.45) is 0 Å². The molecule has 1 saturated heterocycles. The molecule has 4 rings (SSSR count). The van der Waals surface area contributed by atoms with Crippen LogP contribution >= 0.6 is 0 Å². The summed E-state index contributed by atoms with van der Waals surface area (Å²) in [6.45, 7) is 5.61. The third-order valence-electron chi connectivity index (χ3n) is 4.54. The molecule has 26 heavy (non-hydrogen) atoms. The van der Waals surface area contributed by atoms with Crippen LogP contribution in [0.4, 0.5) is 0 Å². The fraction of sp³-hybridized carbons (Fsp3) is 0.300. The fourth-order valence-electron chi connectivity index (χ4n) is 3.10. The Hall–Kier alpha value is -2.70. The maximum Gasteiger partial charge on any atom is 0.119 e. The van der Waals surface area contributed by atoms with Gasteiger partial charge in [0.2, 0.25) is 0 Å². The van der Waals surface area contributed by atoms with Crippen molar-refractivity contribution in [2.45, 2.75) is 13.2 Å². The second kappa shape index (κ2) is 8.12. The zero-order valence-corrected chi connectivity index (χ0v) is 14.7. The van der Waals surface area contributed by atoms with E-state index in [9.17, 15) is 0 Å². The Bertz CT molecular complexity index is 810. The largest absolute Gasteiger partial charge is 0.489 e. The normalized spacial score (nSPS) is 15.1. The van der Waals surface area contributed by atoms with E-state index in [1.807, 2.05) is 53.3 Å². The fourth-order valence-corrected chi connectivity index (χ4v) is 3.10. The van der Waals surface area contributed by atoms with Crippen molar-refractivity contribution in [1.29, 1.82) is 0 Å². The van der Waals surface area contributed by atoms with Gasteiger partial charge in [-0.25, -0.2) is 4.68 Å². The number of nitrogens with one attached hydrogen (secondary N) is 1. The Morgan fingerprint density at radius 3 is 2.50 bits per heavy atom. The molecule has 0 aliphatic carbocycles. The molecule has 134 valence electrons. The number of ether oxygens (including phenoxy) is 1. The molecule has 3 aromatic rings. The molecule has 0 bridgehead atoms. The number of nitrogens with zero attached hydrogens (tertiary/aromatic N) is 4. The Morgan fingerprint density at radius 1 is 0.962 bits per heavy atom. The summed E-state index contributed by atoms with van der Waals surface area (Å²) in [7, 11) is 0. The summed E-state index contributed by atoms with van der Waals surface area (Å²) >= 11 is 0. The van der Waals surface area contributed by atoms with E-state index in [1.54, 1.807) is 0 Å². The first-order chi connectivity index (χ1) is 12.9. The van der Waals surface area contributed by atoms with Gasteiger partial charge < -0.3 is 10.1 Å². The summed E-state index contributed by atoms with van der Waals surface area (Å²) in [5.41, 5.74) is 3.26. The molecular formula is C20H23N5O. The van der Waals surface area contributed by atoms with E-state index in [4.69, 9.17) is 4.74 Å². The highest BCUT2D eigenvalue weighted by Crippen LogP contribution is 2.18. The van der Waals surface area contributed by atoms with Crippen LogP contribution in [0.25, 0.3) is 5.69 Å². The molecule has 0 unspecified atom stereocenters. The van der Waals surface area contributed by atoms with Crippen LogP contribution < -0.4 is 10.1 Å². The average molecular weight is 349 g/mol. The lowest BCUT2D eigenvalue weighted by molar-refractivity contribution is 0.229.